The molecule has 4 heteroatoms. The van der Waals surface area contributed by atoms with Crippen molar-refractivity contribution in [3.63, 3.8) is 0 Å². The van der Waals surface area contributed by atoms with Crippen molar-refractivity contribution in [3.05, 3.63) is 29.6 Å². The van der Waals surface area contributed by atoms with E-state index in [-0.39, 0.29) is 0 Å². The summed E-state index contributed by atoms with van der Waals surface area (Å²) in [5, 5.41) is 7.76. The summed E-state index contributed by atoms with van der Waals surface area (Å²) in [6, 6.07) is 0. The van der Waals surface area contributed by atoms with Crippen LogP contribution in [0.25, 0.3) is 0 Å². The molecule has 1 heterocycles. The fourth-order valence-electron chi connectivity index (χ4n) is 1.64. The van der Waals surface area contributed by atoms with Gasteiger partial charge in [-0.25, -0.2) is 0 Å². The number of nitrogens with one attached hydrogen (secondary N) is 1. The lowest BCUT2D eigenvalue weighted by atomic mass is 10.2. The Labute approximate surface area is 104 Å². The molecule has 0 atom stereocenters. The zero-order chi connectivity index (χ0) is 12.7. The lowest BCUT2D eigenvalue weighted by Crippen LogP contribution is -2.20. The highest BCUT2D eigenvalue weighted by molar-refractivity contribution is 5.16. The predicted octanol–water partition coefficient (Wildman–Crippen LogP) is 1.66. The minimum absolute atomic E-state index is 0.648. The summed E-state index contributed by atoms with van der Waals surface area (Å²) in [7, 11) is 1.96. The number of aryl methyl sites for hydroxylation is 2. The molecule has 0 saturated heterocycles. The molecule has 0 amide bonds. The first-order chi connectivity index (χ1) is 8.13. The van der Waals surface area contributed by atoms with Gasteiger partial charge in [0.1, 0.15) is 0 Å². The maximum Gasteiger partial charge on any atom is 0.0672 e. The molecular weight excluding hydrogens is 214 g/mol. The van der Waals surface area contributed by atoms with Gasteiger partial charge in [-0.2, -0.15) is 5.10 Å². The van der Waals surface area contributed by atoms with Crippen molar-refractivity contribution in [2.24, 2.45) is 7.05 Å². The van der Waals surface area contributed by atoms with Crippen molar-refractivity contribution in [1.29, 1.82) is 0 Å². The van der Waals surface area contributed by atoms with Gasteiger partial charge < -0.3 is 10.1 Å². The summed E-state index contributed by atoms with van der Waals surface area (Å²) < 4.78 is 7.28. The molecule has 1 N–H and O–H groups in total. The molecule has 0 saturated carbocycles. The van der Waals surface area contributed by atoms with Gasteiger partial charge in [0.15, 0.2) is 0 Å². The van der Waals surface area contributed by atoms with E-state index in [0.29, 0.717) is 13.2 Å². The van der Waals surface area contributed by atoms with E-state index in [4.69, 9.17) is 4.74 Å². The predicted molar refractivity (Wildman–Crippen MR) is 69.9 cm³/mol. The molecule has 1 aromatic rings. The van der Waals surface area contributed by atoms with Gasteiger partial charge >= 0.3 is 0 Å². The third-order valence-electron chi connectivity index (χ3n) is 2.41. The van der Waals surface area contributed by atoms with E-state index in [1.807, 2.05) is 18.7 Å². The number of hydrogen-bond acceptors (Lipinski definition) is 3. The third kappa shape index (κ3) is 5.15. The second-order valence-electron chi connectivity index (χ2n) is 4.31. The maximum atomic E-state index is 5.41. The van der Waals surface area contributed by atoms with E-state index in [1.54, 1.807) is 0 Å². The molecule has 4 nitrogen and oxygen atoms in total. The Balaban J connectivity index is 2.19. The van der Waals surface area contributed by atoms with Crippen LogP contribution in [0, 0.1) is 0 Å². The maximum absolute atomic E-state index is 5.41. The number of nitrogens with zero attached hydrogens (tertiary/aromatic N) is 2. The minimum atomic E-state index is 0.648. The van der Waals surface area contributed by atoms with Gasteiger partial charge in [-0.1, -0.05) is 19.1 Å². The Morgan fingerprint density at radius 3 is 3.00 bits per heavy atom. The number of ether oxygens (including phenoxy) is 1. The van der Waals surface area contributed by atoms with Gasteiger partial charge in [-0.3, -0.25) is 4.68 Å². The standard InChI is InChI=1S/C13H23N3O/c1-5-13-12(9-16(4)15-13)8-14-6-7-17-10-11(2)3/h9,14H,2,5-8,10H2,1,3-4H3. The van der Waals surface area contributed by atoms with Crippen LogP contribution in [0.3, 0.4) is 0 Å². The summed E-state index contributed by atoms with van der Waals surface area (Å²) in [4.78, 5) is 0. The van der Waals surface area contributed by atoms with E-state index < -0.39 is 0 Å². The first-order valence-electron chi connectivity index (χ1n) is 6.07. The van der Waals surface area contributed by atoms with Gasteiger partial charge in [0.2, 0.25) is 0 Å². The molecule has 96 valence electrons. The van der Waals surface area contributed by atoms with Crippen molar-refractivity contribution < 1.29 is 4.74 Å². The van der Waals surface area contributed by atoms with E-state index in [1.165, 1.54) is 11.3 Å². The van der Waals surface area contributed by atoms with Crippen molar-refractivity contribution >= 4 is 0 Å². The summed E-state index contributed by atoms with van der Waals surface area (Å²) in [5.74, 6) is 0. The smallest absolute Gasteiger partial charge is 0.0672 e. The highest BCUT2D eigenvalue weighted by atomic mass is 16.5. The Morgan fingerprint density at radius 2 is 2.35 bits per heavy atom. The second kappa shape index (κ2) is 7.25. The van der Waals surface area contributed by atoms with Crippen LogP contribution in [0.4, 0.5) is 0 Å². The van der Waals surface area contributed by atoms with Crippen LogP contribution in [0.5, 0.6) is 0 Å². The summed E-state index contributed by atoms with van der Waals surface area (Å²) in [5.41, 5.74) is 3.50. The van der Waals surface area contributed by atoms with Crippen LogP contribution in [-0.4, -0.2) is 29.5 Å². The number of rotatable bonds is 8. The monoisotopic (exact) mass is 237 g/mol. The zero-order valence-electron chi connectivity index (χ0n) is 11.1. The van der Waals surface area contributed by atoms with Crippen LogP contribution in [-0.2, 0) is 24.8 Å². The van der Waals surface area contributed by atoms with Gasteiger partial charge in [-0.05, 0) is 13.3 Å². The van der Waals surface area contributed by atoms with Gasteiger partial charge in [-0.15, -0.1) is 0 Å². The summed E-state index contributed by atoms with van der Waals surface area (Å²) in [6.07, 6.45) is 3.05. The normalized spacial score (nSPS) is 10.8. The highest BCUT2D eigenvalue weighted by Gasteiger charge is 2.04. The molecule has 17 heavy (non-hydrogen) atoms. The van der Waals surface area contributed by atoms with Gasteiger partial charge in [0.25, 0.3) is 0 Å². The lowest BCUT2D eigenvalue weighted by Gasteiger charge is -2.05. The molecule has 0 unspecified atom stereocenters. The molecule has 0 aliphatic heterocycles. The van der Waals surface area contributed by atoms with Crippen LogP contribution >= 0.6 is 0 Å². The average molecular weight is 237 g/mol. The molecule has 0 fully saturated rings. The van der Waals surface area contributed by atoms with Crippen molar-refractivity contribution in [2.45, 2.75) is 26.8 Å². The lowest BCUT2D eigenvalue weighted by molar-refractivity contribution is 0.157. The van der Waals surface area contributed by atoms with Gasteiger partial charge in [0.05, 0.1) is 18.9 Å². The molecule has 0 aliphatic rings. The second-order valence-corrected chi connectivity index (χ2v) is 4.31. The zero-order valence-corrected chi connectivity index (χ0v) is 11.1. The Hall–Kier alpha value is -1.13. The molecule has 1 rings (SSSR count). The molecule has 0 aromatic carbocycles. The topological polar surface area (TPSA) is 39.1 Å². The van der Waals surface area contributed by atoms with Gasteiger partial charge in [0, 0.05) is 31.9 Å². The highest BCUT2D eigenvalue weighted by Crippen LogP contribution is 2.06. The Morgan fingerprint density at radius 1 is 1.59 bits per heavy atom. The largest absolute Gasteiger partial charge is 0.376 e. The molecular formula is C13H23N3O. The van der Waals surface area contributed by atoms with Crippen molar-refractivity contribution in [2.75, 3.05) is 19.8 Å². The fourth-order valence-corrected chi connectivity index (χ4v) is 1.64. The van der Waals surface area contributed by atoms with E-state index in [0.717, 1.165) is 25.1 Å². The molecule has 0 aliphatic carbocycles. The first-order valence-corrected chi connectivity index (χ1v) is 6.07. The van der Waals surface area contributed by atoms with Crippen LogP contribution in [0.2, 0.25) is 0 Å². The van der Waals surface area contributed by atoms with Crippen LogP contribution < -0.4 is 5.32 Å². The van der Waals surface area contributed by atoms with Crippen LogP contribution in [0.15, 0.2) is 18.3 Å². The van der Waals surface area contributed by atoms with Crippen LogP contribution in [0.1, 0.15) is 25.1 Å². The van der Waals surface area contributed by atoms with E-state index >= 15 is 0 Å². The van der Waals surface area contributed by atoms with E-state index in [2.05, 4.69) is 30.1 Å². The number of hydrogen-bond donors (Lipinski definition) is 1. The first kappa shape index (κ1) is 13.9. The third-order valence-corrected chi connectivity index (χ3v) is 2.41. The Bertz CT molecular complexity index is 358. The average Bonchev–Trinajstić information content (AvgIpc) is 2.63. The SMILES string of the molecule is C=C(C)COCCNCc1cn(C)nc1CC. The number of aromatic nitrogens is 2. The van der Waals surface area contributed by atoms with E-state index in [9.17, 15) is 0 Å². The fraction of sp³-hybridized carbons (Fsp3) is 0.615. The molecule has 1 aromatic heterocycles. The quantitative estimate of drug-likeness (QED) is 0.552. The molecule has 0 radical (unpaired) electrons. The van der Waals surface area contributed by atoms with Crippen molar-refractivity contribution in [1.82, 2.24) is 15.1 Å². The Kier molecular flexibility index (Phi) is 5.94. The minimum Gasteiger partial charge on any atom is -0.376 e. The molecule has 0 bridgehead atoms. The summed E-state index contributed by atoms with van der Waals surface area (Å²) in [6.45, 7) is 11.0. The van der Waals surface area contributed by atoms with Crippen molar-refractivity contribution in [3.8, 4) is 0 Å². The summed E-state index contributed by atoms with van der Waals surface area (Å²) >= 11 is 0. The molecule has 0 spiro atoms.